The third-order valence-electron chi connectivity index (χ3n) is 7.72. The molecule has 0 aliphatic heterocycles. The van der Waals surface area contributed by atoms with Crippen molar-refractivity contribution in [3.05, 3.63) is 78.4 Å². The topological polar surface area (TPSA) is 105 Å². The zero-order valence-electron chi connectivity index (χ0n) is 25.7. The fraction of sp³-hybridized carbons (Fsp3) is 0.394. The average Bonchev–Trinajstić information content (AvgIpc) is 3.55. The predicted molar refractivity (Wildman–Crippen MR) is 174 cm³/mol. The highest BCUT2D eigenvalue weighted by Crippen LogP contribution is 2.28. The van der Waals surface area contributed by atoms with Gasteiger partial charge < -0.3 is 19.7 Å². The Morgan fingerprint density at radius 3 is 2.30 bits per heavy atom. The van der Waals surface area contributed by atoms with Gasteiger partial charge in [-0.25, -0.2) is 8.42 Å². The number of anilines is 1. The molecule has 0 spiro atoms. The number of methoxy groups -OCH3 is 1. The highest BCUT2D eigenvalue weighted by molar-refractivity contribution is 7.98. The summed E-state index contributed by atoms with van der Waals surface area (Å²) in [6.45, 7) is 3.59. The largest absolute Gasteiger partial charge is 0.497 e. The molecule has 236 valence electrons. The monoisotopic (exact) mass is 639 g/mol. The number of ether oxygens (including phenoxy) is 2. The van der Waals surface area contributed by atoms with Gasteiger partial charge in [0.15, 0.2) is 0 Å². The van der Waals surface area contributed by atoms with Gasteiger partial charge >= 0.3 is 0 Å². The van der Waals surface area contributed by atoms with Gasteiger partial charge in [0.25, 0.3) is 10.0 Å². The number of amides is 2. The van der Waals surface area contributed by atoms with Crippen molar-refractivity contribution in [1.29, 1.82) is 0 Å². The van der Waals surface area contributed by atoms with Crippen LogP contribution in [0.2, 0.25) is 0 Å². The van der Waals surface area contributed by atoms with Crippen molar-refractivity contribution in [2.45, 2.75) is 68.0 Å². The summed E-state index contributed by atoms with van der Waals surface area (Å²) in [5, 5.41) is 3.09. The van der Waals surface area contributed by atoms with E-state index in [-0.39, 0.29) is 23.4 Å². The maximum Gasteiger partial charge on any atom is 0.264 e. The van der Waals surface area contributed by atoms with E-state index >= 15 is 0 Å². The van der Waals surface area contributed by atoms with Crippen LogP contribution in [0.3, 0.4) is 0 Å². The van der Waals surface area contributed by atoms with Crippen LogP contribution >= 0.6 is 11.8 Å². The Kier molecular flexibility index (Phi) is 11.6. The number of thioether (sulfide) groups is 1. The molecule has 0 radical (unpaired) electrons. The fourth-order valence-electron chi connectivity index (χ4n) is 5.22. The Balaban J connectivity index is 1.70. The minimum Gasteiger partial charge on any atom is -0.497 e. The van der Waals surface area contributed by atoms with Gasteiger partial charge in [-0.1, -0.05) is 25.0 Å². The van der Waals surface area contributed by atoms with Crippen molar-refractivity contribution < 1.29 is 27.5 Å². The van der Waals surface area contributed by atoms with Gasteiger partial charge in [-0.3, -0.25) is 13.9 Å². The molecular formula is C33H41N3O6S2. The number of hydrogen-bond acceptors (Lipinski definition) is 7. The molecule has 0 heterocycles. The Labute approximate surface area is 265 Å². The molecule has 0 aromatic heterocycles. The van der Waals surface area contributed by atoms with Crippen LogP contribution in [0.5, 0.6) is 11.5 Å². The Hall–Kier alpha value is -3.70. The number of sulfonamides is 1. The van der Waals surface area contributed by atoms with Crippen LogP contribution in [0.25, 0.3) is 0 Å². The standard InChI is InChI=1S/C33H41N3O6S2/c1-5-42-28-15-13-27(14-16-28)36(44(39,40)31-19-17-30(43-4)18-20-31)23-32(37)35(22-25-9-8-12-29(21-25)41-3)24(2)33(38)34-26-10-6-7-11-26/h8-9,12-21,24,26H,5-7,10-11,22-23H2,1-4H3,(H,34,38)/t24-/m0/s1. The first-order chi connectivity index (χ1) is 21.2. The van der Waals surface area contributed by atoms with E-state index in [1.807, 2.05) is 25.3 Å². The smallest absolute Gasteiger partial charge is 0.264 e. The molecule has 0 bridgehead atoms. The molecular weight excluding hydrogens is 599 g/mol. The zero-order chi connectivity index (χ0) is 31.7. The van der Waals surface area contributed by atoms with Gasteiger partial charge in [-0.2, -0.15) is 0 Å². The molecule has 0 saturated heterocycles. The quantitative estimate of drug-likeness (QED) is 0.233. The second kappa shape index (κ2) is 15.3. The summed E-state index contributed by atoms with van der Waals surface area (Å²) in [6.07, 6.45) is 5.83. The first-order valence-electron chi connectivity index (χ1n) is 14.8. The maximum absolute atomic E-state index is 14.2. The van der Waals surface area contributed by atoms with E-state index < -0.39 is 28.5 Å². The third kappa shape index (κ3) is 8.26. The van der Waals surface area contributed by atoms with Crippen LogP contribution < -0.4 is 19.1 Å². The van der Waals surface area contributed by atoms with E-state index in [1.165, 1.54) is 16.7 Å². The van der Waals surface area contributed by atoms with Crippen molar-refractivity contribution >= 4 is 39.3 Å². The van der Waals surface area contributed by atoms with Crippen molar-refractivity contribution in [1.82, 2.24) is 10.2 Å². The summed E-state index contributed by atoms with van der Waals surface area (Å²) >= 11 is 1.50. The summed E-state index contributed by atoms with van der Waals surface area (Å²) in [5.74, 6) is 0.419. The van der Waals surface area contributed by atoms with E-state index in [2.05, 4.69) is 5.32 Å². The van der Waals surface area contributed by atoms with Gasteiger partial charge in [0.05, 0.1) is 24.3 Å². The van der Waals surface area contributed by atoms with Crippen LogP contribution in [0, 0.1) is 0 Å². The van der Waals surface area contributed by atoms with Crippen LogP contribution in [0.15, 0.2) is 82.6 Å². The lowest BCUT2D eigenvalue weighted by Crippen LogP contribution is -2.52. The van der Waals surface area contributed by atoms with Crippen molar-refractivity contribution in [3.8, 4) is 11.5 Å². The highest BCUT2D eigenvalue weighted by atomic mass is 32.2. The molecule has 11 heteroatoms. The Morgan fingerprint density at radius 2 is 1.68 bits per heavy atom. The molecule has 1 aliphatic rings. The van der Waals surface area contributed by atoms with Gasteiger partial charge in [-0.15, -0.1) is 11.8 Å². The van der Waals surface area contributed by atoms with E-state index in [0.29, 0.717) is 23.8 Å². The number of carbonyl (C=O) groups is 2. The molecule has 2 amide bonds. The molecule has 44 heavy (non-hydrogen) atoms. The molecule has 1 saturated carbocycles. The average molecular weight is 640 g/mol. The zero-order valence-corrected chi connectivity index (χ0v) is 27.3. The van der Waals surface area contributed by atoms with Crippen LogP contribution in [-0.2, 0) is 26.2 Å². The van der Waals surface area contributed by atoms with Crippen molar-refractivity contribution in [2.24, 2.45) is 0 Å². The molecule has 4 rings (SSSR count). The molecule has 0 unspecified atom stereocenters. The van der Waals surface area contributed by atoms with E-state index in [1.54, 1.807) is 74.7 Å². The minimum absolute atomic E-state index is 0.0587. The SMILES string of the molecule is CCOc1ccc(N(CC(=O)N(Cc2cccc(OC)c2)[C@@H](C)C(=O)NC2CCCC2)S(=O)(=O)c2ccc(SC)cc2)cc1. The summed E-state index contributed by atoms with van der Waals surface area (Å²) in [5.41, 5.74) is 1.06. The summed E-state index contributed by atoms with van der Waals surface area (Å²) in [4.78, 5) is 30.0. The summed E-state index contributed by atoms with van der Waals surface area (Å²) < 4.78 is 40.2. The Bertz CT molecular complexity index is 1510. The molecule has 1 N–H and O–H groups in total. The number of hydrogen-bond donors (Lipinski definition) is 1. The lowest BCUT2D eigenvalue weighted by atomic mass is 10.1. The minimum atomic E-state index is -4.17. The second-order valence-corrected chi connectivity index (χ2v) is 13.4. The molecule has 3 aromatic carbocycles. The summed E-state index contributed by atoms with van der Waals surface area (Å²) in [7, 11) is -2.61. The highest BCUT2D eigenvalue weighted by Gasteiger charge is 2.33. The molecule has 1 atom stereocenters. The van der Waals surface area contributed by atoms with E-state index in [4.69, 9.17) is 9.47 Å². The van der Waals surface area contributed by atoms with E-state index in [9.17, 15) is 18.0 Å². The fourth-order valence-corrected chi connectivity index (χ4v) is 7.04. The molecule has 3 aromatic rings. The lowest BCUT2D eigenvalue weighted by molar-refractivity contribution is -0.139. The van der Waals surface area contributed by atoms with Crippen molar-refractivity contribution in [3.63, 3.8) is 0 Å². The second-order valence-electron chi connectivity index (χ2n) is 10.7. The molecule has 1 fully saturated rings. The van der Waals surface area contributed by atoms with Crippen LogP contribution in [0.1, 0.15) is 45.1 Å². The lowest BCUT2D eigenvalue weighted by Gasteiger charge is -2.32. The maximum atomic E-state index is 14.2. The number of nitrogens with zero attached hydrogens (tertiary/aromatic N) is 2. The number of carbonyl (C=O) groups excluding carboxylic acids is 2. The first-order valence-corrected chi connectivity index (χ1v) is 17.4. The van der Waals surface area contributed by atoms with Crippen LogP contribution in [0.4, 0.5) is 5.69 Å². The Morgan fingerprint density at radius 1 is 1.00 bits per heavy atom. The normalized spacial score (nSPS) is 14.1. The van der Waals surface area contributed by atoms with Gasteiger partial charge in [-0.05, 0) is 99.2 Å². The van der Waals surface area contributed by atoms with Gasteiger partial charge in [0.1, 0.15) is 24.1 Å². The molecule has 9 nitrogen and oxygen atoms in total. The number of benzene rings is 3. The van der Waals surface area contributed by atoms with Gasteiger partial charge in [0.2, 0.25) is 11.8 Å². The predicted octanol–water partition coefficient (Wildman–Crippen LogP) is 5.49. The number of rotatable bonds is 14. The van der Waals surface area contributed by atoms with Gasteiger partial charge in [0, 0.05) is 17.5 Å². The first kappa shape index (κ1) is 33.2. The summed E-state index contributed by atoms with van der Waals surface area (Å²) in [6, 6.07) is 19.6. The van der Waals surface area contributed by atoms with Crippen LogP contribution in [-0.4, -0.2) is 63.7 Å². The third-order valence-corrected chi connectivity index (χ3v) is 10.2. The molecule has 1 aliphatic carbocycles. The van der Waals surface area contributed by atoms with E-state index in [0.717, 1.165) is 40.4 Å². The number of nitrogens with one attached hydrogen (secondary N) is 1. The van der Waals surface area contributed by atoms with Crippen molar-refractivity contribution in [2.75, 3.05) is 30.8 Å².